The number of benzene rings is 2. The van der Waals surface area contributed by atoms with Crippen LogP contribution >= 0.6 is 0 Å². The van der Waals surface area contributed by atoms with E-state index < -0.39 is 80.2 Å². The van der Waals surface area contributed by atoms with Gasteiger partial charge in [-0.05, 0) is 38.2 Å². The summed E-state index contributed by atoms with van der Waals surface area (Å²) in [5.74, 6) is -2.94. The van der Waals surface area contributed by atoms with E-state index in [-0.39, 0.29) is 17.5 Å². The van der Waals surface area contributed by atoms with Crippen molar-refractivity contribution in [3.05, 3.63) is 59.7 Å². The summed E-state index contributed by atoms with van der Waals surface area (Å²) in [5, 5.41) is 4.99. The van der Waals surface area contributed by atoms with Crippen molar-refractivity contribution in [2.24, 2.45) is 16.1 Å². The zero-order chi connectivity index (χ0) is 31.4. The second-order valence-electron chi connectivity index (χ2n) is 10.7. The Labute approximate surface area is 243 Å². The molecule has 1 heterocycles. The van der Waals surface area contributed by atoms with E-state index in [1.165, 1.54) is 0 Å². The van der Waals surface area contributed by atoms with Crippen LogP contribution in [0.15, 0.2) is 53.5 Å². The van der Waals surface area contributed by atoms with Crippen LogP contribution in [0.25, 0.3) is 0 Å². The van der Waals surface area contributed by atoms with E-state index in [9.17, 15) is 40.7 Å². The molecule has 0 bridgehead atoms. The number of benzodiazepines with no additional fused rings is 1. The number of aliphatic imine (C=N–C) groups is 1. The first kappa shape index (κ1) is 31.8. The summed E-state index contributed by atoms with van der Waals surface area (Å²) in [6.07, 6.45) is -16.0. The Bertz CT molecular complexity index is 1380. The van der Waals surface area contributed by atoms with Crippen LogP contribution in [0.4, 0.5) is 32.0 Å². The highest BCUT2D eigenvalue weighted by Gasteiger charge is 2.45. The standard InChI is InChI=1S/C29H30F6N4O4/c30-28(31,32)13-5-12-27(16-21(36)40,14-15-29(33,34)35)26(42)39-24-25(41)38-23-19(8-4-9-20(23)43-18-10-11-18)22(37-24)17-6-2-1-3-7-17/h1-4,6-9,18,24H,5,10-16H2,(H2,36,40)(H,38,41)(H,39,42)/t24-,27-/m1/s1. The number of carbonyl (C=O) groups excluding carboxylic acids is 3. The van der Waals surface area contributed by atoms with E-state index in [4.69, 9.17) is 10.5 Å². The van der Waals surface area contributed by atoms with Crippen molar-refractivity contribution in [3.8, 4) is 5.75 Å². The molecular formula is C29H30F6N4O4. The third kappa shape index (κ3) is 8.71. The highest BCUT2D eigenvalue weighted by molar-refractivity contribution is 6.20. The van der Waals surface area contributed by atoms with Gasteiger partial charge in [-0.1, -0.05) is 42.5 Å². The number of anilines is 1. The summed E-state index contributed by atoms with van der Waals surface area (Å²) in [5.41, 5.74) is 4.48. The van der Waals surface area contributed by atoms with E-state index in [1.54, 1.807) is 48.5 Å². The van der Waals surface area contributed by atoms with Crippen molar-refractivity contribution in [2.45, 2.75) is 76.0 Å². The van der Waals surface area contributed by atoms with Crippen molar-refractivity contribution in [1.82, 2.24) is 5.32 Å². The van der Waals surface area contributed by atoms with Gasteiger partial charge in [-0.3, -0.25) is 14.4 Å². The number of ether oxygens (including phenoxy) is 1. The summed E-state index contributed by atoms with van der Waals surface area (Å²) in [4.78, 5) is 43.6. The average Bonchev–Trinajstić information content (AvgIpc) is 3.74. The van der Waals surface area contributed by atoms with Crippen molar-refractivity contribution in [3.63, 3.8) is 0 Å². The molecule has 43 heavy (non-hydrogen) atoms. The predicted molar refractivity (Wildman–Crippen MR) is 144 cm³/mol. The normalized spacial score (nSPS) is 18.4. The number of amides is 3. The Kier molecular flexibility index (Phi) is 9.35. The SMILES string of the molecule is NC(=O)C[C@@](CCCC(F)(F)F)(CCC(F)(F)F)C(=O)N[C@H]1N=C(c2ccccc2)c2cccc(OC3CC3)c2NC1=O. The van der Waals surface area contributed by atoms with E-state index in [0.717, 1.165) is 12.8 Å². The monoisotopic (exact) mass is 612 g/mol. The Morgan fingerprint density at radius 1 is 0.930 bits per heavy atom. The zero-order valence-corrected chi connectivity index (χ0v) is 22.9. The fourth-order valence-electron chi connectivity index (χ4n) is 4.92. The molecule has 0 spiro atoms. The first-order valence-electron chi connectivity index (χ1n) is 13.6. The molecule has 2 aromatic rings. The molecule has 2 aliphatic rings. The first-order valence-corrected chi connectivity index (χ1v) is 13.6. The number of nitrogens with zero attached hydrogens (tertiary/aromatic N) is 1. The topological polar surface area (TPSA) is 123 Å². The lowest BCUT2D eigenvalue weighted by Crippen LogP contribution is -2.51. The Hall–Kier alpha value is -4.10. The van der Waals surface area contributed by atoms with Gasteiger partial charge in [0.05, 0.1) is 22.9 Å². The number of carbonyl (C=O) groups is 3. The van der Waals surface area contributed by atoms with Crippen molar-refractivity contribution in [2.75, 3.05) is 5.32 Å². The lowest BCUT2D eigenvalue weighted by atomic mass is 9.74. The molecule has 2 aromatic carbocycles. The molecule has 0 radical (unpaired) electrons. The second kappa shape index (κ2) is 12.6. The molecule has 0 saturated heterocycles. The zero-order valence-electron chi connectivity index (χ0n) is 22.9. The summed E-state index contributed by atoms with van der Waals surface area (Å²) in [7, 11) is 0. The number of fused-ring (bicyclic) bond motifs is 1. The van der Waals surface area contributed by atoms with E-state index >= 15 is 0 Å². The Balaban J connectivity index is 1.72. The summed E-state index contributed by atoms with van der Waals surface area (Å²) in [6.45, 7) is 0. The third-order valence-corrected chi connectivity index (χ3v) is 7.17. The van der Waals surface area contributed by atoms with Gasteiger partial charge in [0.1, 0.15) is 5.75 Å². The van der Waals surface area contributed by atoms with Crippen molar-refractivity contribution in [1.29, 1.82) is 0 Å². The van der Waals surface area contributed by atoms with Crippen LogP contribution in [0.5, 0.6) is 5.75 Å². The third-order valence-electron chi connectivity index (χ3n) is 7.17. The van der Waals surface area contributed by atoms with E-state index in [0.29, 0.717) is 16.9 Å². The molecule has 2 atom stereocenters. The molecule has 3 amide bonds. The number of primary amides is 1. The lowest BCUT2D eigenvalue weighted by molar-refractivity contribution is -0.154. The van der Waals surface area contributed by atoms with Gasteiger partial charge in [-0.15, -0.1) is 0 Å². The van der Waals surface area contributed by atoms with Gasteiger partial charge < -0.3 is 21.1 Å². The lowest BCUT2D eigenvalue weighted by Gasteiger charge is -2.33. The molecule has 1 aliphatic heterocycles. The van der Waals surface area contributed by atoms with Crippen molar-refractivity contribution < 1.29 is 45.5 Å². The molecule has 0 unspecified atom stereocenters. The minimum Gasteiger partial charge on any atom is -0.488 e. The van der Waals surface area contributed by atoms with E-state index in [1.807, 2.05) is 0 Å². The molecular weight excluding hydrogens is 582 g/mol. The quantitative estimate of drug-likeness (QED) is 0.278. The molecule has 14 heteroatoms. The number of hydrogen-bond acceptors (Lipinski definition) is 5. The van der Waals surface area contributed by atoms with Gasteiger partial charge in [0, 0.05) is 30.4 Å². The number of nitrogens with two attached hydrogens (primary N) is 1. The fourth-order valence-corrected chi connectivity index (χ4v) is 4.92. The van der Waals surface area contributed by atoms with Crippen LogP contribution in [0, 0.1) is 5.41 Å². The van der Waals surface area contributed by atoms with Gasteiger partial charge in [0.2, 0.25) is 18.0 Å². The highest BCUT2D eigenvalue weighted by Crippen LogP contribution is 2.41. The summed E-state index contributed by atoms with van der Waals surface area (Å²) >= 11 is 0. The van der Waals surface area contributed by atoms with E-state index in [2.05, 4.69) is 15.6 Å². The molecule has 8 nitrogen and oxygen atoms in total. The van der Waals surface area contributed by atoms with Crippen LogP contribution in [-0.4, -0.2) is 48.1 Å². The van der Waals surface area contributed by atoms with Crippen LogP contribution in [0.3, 0.4) is 0 Å². The molecule has 4 N–H and O–H groups in total. The number of hydrogen-bond donors (Lipinski definition) is 3. The van der Waals surface area contributed by atoms with Gasteiger partial charge in [0.15, 0.2) is 0 Å². The molecule has 4 rings (SSSR count). The first-order chi connectivity index (χ1) is 20.2. The Morgan fingerprint density at radius 3 is 2.21 bits per heavy atom. The van der Waals surface area contributed by atoms with Gasteiger partial charge in [0.25, 0.3) is 5.91 Å². The van der Waals surface area contributed by atoms with Crippen LogP contribution in [0.1, 0.15) is 62.5 Å². The number of rotatable bonds is 12. The molecule has 232 valence electrons. The number of halogens is 6. The minimum atomic E-state index is -4.79. The van der Waals surface area contributed by atoms with Gasteiger partial charge in [-0.2, -0.15) is 26.3 Å². The Morgan fingerprint density at radius 2 is 1.60 bits per heavy atom. The maximum absolute atomic E-state index is 13.7. The smallest absolute Gasteiger partial charge is 0.389 e. The van der Waals surface area contributed by atoms with Crippen LogP contribution in [0.2, 0.25) is 0 Å². The maximum atomic E-state index is 13.7. The number of alkyl halides is 6. The second-order valence-corrected chi connectivity index (χ2v) is 10.7. The summed E-state index contributed by atoms with van der Waals surface area (Å²) in [6, 6.07) is 13.6. The number of nitrogens with one attached hydrogen (secondary N) is 2. The maximum Gasteiger partial charge on any atom is 0.389 e. The highest BCUT2D eigenvalue weighted by atomic mass is 19.4. The van der Waals surface area contributed by atoms with Crippen molar-refractivity contribution >= 4 is 29.1 Å². The average molecular weight is 613 g/mol. The molecule has 1 saturated carbocycles. The molecule has 1 aliphatic carbocycles. The van der Waals surface area contributed by atoms with Gasteiger partial charge >= 0.3 is 12.4 Å². The van der Waals surface area contributed by atoms with Gasteiger partial charge in [-0.25, -0.2) is 4.99 Å². The minimum absolute atomic E-state index is 0.0426. The molecule has 0 aromatic heterocycles. The summed E-state index contributed by atoms with van der Waals surface area (Å²) < 4.78 is 84.6. The van der Waals surface area contributed by atoms with Crippen LogP contribution in [-0.2, 0) is 14.4 Å². The predicted octanol–water partition coefficient (Wildman–Crippen LogP) is 5.40. The van der Waals surface area contributed by atoms with Crippen LogP contribution < -0.4 is 21.1 Å². The fraction of sp³-hybridized carbons (Fsp3) is 0.448. The molecule has 1 fully saturated rings. The number of para-hydroxylation sites is 1. The largest absolute Gasteiger partial charge is 0.488 e.